The van der Waals surface area contributed by atoms with E-state index in [0.29, 0.717) is 15.8 Å². The Bertz CT molecular complexity index is 798. The van der Waals surface area contributed by atoms with Crippen LogP contribution in [0.2, 0.25) is 0 Å². The predicted octanol–water partition coefficient (Wildman–Crippen LogP) is 4.12. The summed E-state index contributed by atoms with van der Waals surface area (Å²) in [5.41, 5.74) is 3.35. The van der Waals surface area contributed by atoms with Crippen molar-refractivity contribution in [2.45, 2.75) is 0 Å². The summed E-state index contributed by atoms with van der Waals surface area (Å²) in [6.07, 6.45) is 1.92. The lowest BCUT2D eigenvalue weighted by Gasteiger charge is -2.17. The van der Waals surface area contributed by atoms with Crippen LogP contribution in [0, 0.1) is 0 Å². The lowest BCUT2D eigenvalue weighted by atomic mass is 10.0. The van der Waals surface area contributed by atoms with E-state index in [1.807, 2.05) is 55.4 Å². The van der Waals surface area contributed by atoms with Crippen LogP contribution < -0.4 is 0 Å². The largest absolute Gasteiger partial charge is 0.308 e. The van der Waals surface area contributed by atoms with Crippen LogP contribution in [0.1, 0.15) is 5.56 Å². The van der Waals surface area contributed by atoms with Gasteiger partial charge in [0.25, 0.3) is 5.91 Å². The first kappa shape index (κ1) is 17.9. The van der Waals surface area contributed by atoms with Crippen LogP contribution in [-0.4, -0.2) is 47.2 Å². The van der Waals surface area contributed by atoms with Gasteiger partial charge in [-0.3, -0.25) is 9.69 Å². The maximum atomic E-state index is 12.6. The number of likely N-dealkylation sites (N-methyl/N-ethyl adjacent to an activating group) is 1. The van der Waals surface area contributed by atoms with Crippen LogP contribution in [-0.2, 0) is 4.79 Å². The Hall–Kier alpha value is -1.95. The summed E-state index contributed by atoms with van der Waals surface area (Å²) in [7, 11) is 3.98. The molecule has 0 N–H and O–H groups in total. The number of carbonyl (C=O) groups excluding carboxylic acids is 1. The fourth-order valence-corrected chi connectivity index (χ4v) is 3.86. The van der Waals surface area contributed by atoms with Gasteiger partial charge in [-0.1, -0.05) is 78.6 Å². The SMILES string of the molecule is CN(C)CCN1C(=O)/C(=C\c2ccc(-c3ccccc3)cc2)SC1=S. The van der Waals surface area contributed by atoms with Crippen molar-refractivity contribution in [1.29, 1.82) is 0 Å². The van der Waals surface area contributed by atoms with E-state index in [-0.39, 0.29) is 5.91 Å². The second-order valence-electron chi connectivity index (χ2n) is 6.12. The van der Waals surface area contributed by atoms with Crippen LogP contribution in [0.3, 0.4) is 0 Å². The quantitative estimate of drug-likeness (QED) is 0.585. The van der Waals surface area contributed by atoms with E-state index in [1.54, 1.807) is 4.90 Å². The maximum absolute atomic E-state index is 12.6. The van der Waals surface area contributed by atoms with Gasteiger partial charge in [0.05, 0.1) is 4.91 Å². The minimum absolute atomic E-state index is 0.00369. The molecule has 1 aliphatic heterocycles. The number of thiocarbonyl (C=S) groups is 1. The molecular formula is C20H20N2OS2. The molecule has 2 aromatic carbocycles. The summed E-state index contributed by atoms with van der Waals surface area (Å²) >= 11 is 6.74. The fraction of sp³-hybridized carbons (Fsp3) is 0.200. The van der Waals surface area contributed by atoms with E-state index in [1.165, 1.54) is 17.3 Å². The Morgan fingerprint density at radius 3 is 2.32 bits per heavy atom. The smallest absolute Gasteiger partial charge is 0.266 e. The number of hydrogen-bond donors (Lipinski definition) is 0. The van der Waals surface area contributed by atoms with Gasteiger partial charge in [-0.05, 0) is 36.9 Å². The summed E-state index contributed by atoms with van der Waals surface area (Å²) < 4.78 is 0.638. The van der Waals surface area contributed by atoms with E-state index in [9.17, 15) is 4.79 Å². The van der Waals surface area contributed by atoms with E-state index < -0.39 is 0 Å². The third kappa shape index (κ3) is 4.37. The zero-order valence-corrected chi connectivity index (χ0v) is 15.9. The van der Waals surface area contributed by atoms with Crippen LogP contribution in [0.15, 0.2) is 59.5 Å². The number of carbonyl (C=O) groups is 1. The molecule has 0 bridgehead atoms. The molecule has 0 atom stereocenters. The predicted molar refractivity (Wildman–Crippen MR) is 110 cm³/mol. The van der Waals surface area contributed by atoms with E-state index in [2.05, 4.69) is 24.3 Å². The molecule has 0 radical (unpaired) electrons. The van der Waals surface area contributed by atoms with Crippen LogP contribution in [0.4, 0.5) is 0 Å². The molecule has 0 spiro atoms. The highest BCUT2D eigenvalue weighted by atomic mass is 32.2. The molecule has 3 rings (SSSR count). The number of thioether (sulfide) groups is 1. The van der Waals surface area contributed by atoms with Crippen molar-refractivity contribution >= 4 is 40.3 Å². The van der Waals surface area contributed by atoms with Gasteiger partial charge in [0.2, 0.25) is 0 Å². The summed E-state index contributed by atoms with van der Waals surface area (Å²) in [6, 6.07) is 18.5. The van der Waals surface area contributed by atoms with Crippen molar-refractivity contribution in [3.8, 4) is 11.1 Å². The van der Waals surface area contributed by atoms with E-state index >= 15 is 0 Å². The molecular weight excluding hydrogens is 348 g/mol. The molecule has 25 heavy (non-hydrogen) atoms. The summed E-state index contributed by atoms with van der Waals surface area (Å²) in [5, 5.41) is 0. The molecule has 2 aromatic rings. The molecule has 1 heterocycles. The van der Waals surface area contributed by atoms with Crippen molar-refractivity contribution in [3.05, 3.63) is 65.1 Å². The number of benzene rings is 2. The van der Waals surface area contributed by atoms with E-state index in [0.717, 1.165) is 17.7 Å². The average molecular weight is 369 g/mol. The molecule has 0 unspecified atom stereocenters. The average Bonchev–Trinajstić information content (AvgIpc) is 2.88. The molecule has 5 heteroatoms. The summed E-state index contributed by atoms with van der Waals surface area (Å²) in [6.45, 7) is 1.42. The molecule has 0 aliphatic carbocycles. The molecule has 128 valence electrons. The Morgan fingerprint density at radius 1 is 1.04 bits per heavy atom. The molecule has 0 aromatic heterocycles. The van der Waals surface area contributed by atoms with Crippen LogP contribution in [0.25, 0.3) is 17.2 Å². The van der Waals surface area contributed by atoms with Crippen LogP contribution in [0.5, 0.6) is 0 Å². The monoisotopic (exact) mass is 368 g/mol. The standard InChI is InChI=1S/C20H20N2OS2/c1-21(2)12-13-22-19(23)18(25-20(22)24)14-15-8-10-17(11-9-15)16-6-4-3-5-7-16/h3-11,14H,12-13H2,1-2H3/b18-14+. The topological polar surface area (TPSA) is 23.6 Å². The van der Waals surface area contributed by atoms with Crippen molar-refractivity contribution in [3.63, 3.8) is 0 Å². The molecule has 1 saturated heterocycles. The normalized spacial score (nSPS) is 16.3. The fourth-order valence-electron chi connectivity index (χ4n) is 2.55. The second-order valence-corrected chi connectivity index (χ2v) is 7.80. The number of rotatable bonds is 5. The third-order valence-electron chi connectivity index (χ3n) is 3.96. The molecule has 1 fully saturated rings. The van der Waals surface area contributed by atoms with Crippen molar-refractivity contribution in [1.82, 2.24) is 9.80 Å². The first-order valence-corrected chi connectivity index (χ1v) is 9.32. The lowest BCUT2D eigenvalue weighted by molar-refractivity contribution is -0.122. The van der Waals surface area contributed by atoms with E-state index in [4.69, 9.17) is 12.2 Å². The maximum Gasteiger partial charge on any atom is 0.266 e. The van der Waals surface area contributed by atoms with Gasteiger partial charge >= 0.3 is 0 Å². The van der Waals surface area contributed by atoms with Gasteiger partial charge in [-0.25, -0.2) is 0 Å². The number of amides is 1. The molecule has 1 amide bonds. The Morgan fingerprint density at radius 2 is 1.68 bits per heavy atom. The number of hydrogen-bond acceptors (Lipinski definition) is 4. The van der Waals surface area contributed by atoms with Gasteiger partial charge in [0.1, 0.15) is 4.32 Å². The molecule has 1 aliphatic rings. The van der Waals surface area contributed by atoms with Gasteiger partial charge in [-0.15, -0.1) is 0 Å². The second kappa shape index (κ2) is 7.95. The van der Waals surface area contributed by atoms with Crippen molar-refractivity contribution in [2.24, 2.45) is 0 Å². The van der Waals surface area contributed by atoms with Gasteiger partial charge in [0.15, 0.2) is 0 Å². The molecule has 3 nitrogen and oxygen atoms in total. The zero-order chi connectivity index (χ0) is 17.8. The molecule has 0 saturated carbocycles. The Labute approximate surface area is 158 Å². The Kier molecular flexibility index (Phi) is 5.68. The summed E-state index contributed by atoms with van der Waals surface area (Å²) in [4.78, 5) is 17.0. The van der Waals surface area contributed by atoms with Crippen molar-refractivity contribution < 1.29 is 4.79 Å². The highest BCUT2D eigenvalue weighted by Crippen LogP contribution is 2.32. The lowest BCUT2D eigenvalue weighted by Crippen LogP contribution is -2.34. The third-order valence-corrected chi connectivity index (χ3v) is 5.34. The minimum atomic E-state index is 0.00369. The Balaban J connectivity index is 1.75. The highest BCUT2D eigenvalue weighted by molar-refractivity contribution is 8.26. The summed E-state index contributed by atoms with van der Waals surface area (Å²) in [5.74, 6) is 0.00369. The van der Waals surface area contributed by atoms with Gasteiger partial charge < -0.3 is 4.90 Å². The zero-order valence-electron chi connectivity index (χ0n) is 14.3. The van der Waals surface area contributed by atoms with Gasteiger partial charge in [0, 0.05) is 13.1 Å². The van der Waals surface area contributed by atoms with Crippen LogP contribution >= 0.6 is 24.0 Å². The number of nitrogens with zero attached hydrogens (tertiary/aromatic N) is 2. The first-order valence-electron chi connectivity index (χ1n) is 8.10. The minimum Gasteiger partial charge on any atom is -0.308 e. The van der Waals surface area contributed by atoms with Gasteiger partial charge in [-0.2, -0.15) is 0 Å². The van der Waals surface area contributed by atoms with Crippen molar-refractivity contribution in [2.75, 3.05) is 27.2 Å². The first-order chi connectivity index (χ1) is 12.0. The highest BCUT2D eigenvalue weighted by Gasteiger charge is 2.31.